The van der Waals surface area contributed by atoms with Crippen LogP contribution in [0.1, 0.15) is 131 Å². The second-order valence-electron chi connectivity index (χ2n) is 12.8. The van der Waals surface area contributed by atoms with Crippen molar-refractivity contribution >= 4 is 5.91 Å². The van der Waals surface area contributed by atoms with Gasteiger partial charge in [-0.15, -0.1) is 0 Å². The standard InChI is InChI=1S/C27H36N2.C13H14NO.Au/c1-18(2)22-11-9-12-23(19(3)4)26(22)28-15-16-29(17-28)27-24(20(5)6)13-10-14-25(27)21(7)8;1-4-11-8-7-9-12(10-11)13(15)14(5-2)6-3;/h9-16,18-21H,1-8H3;7-10H,5-6H2,2-3H3;. The molecule has 1 heterocycles. The van der Waals surface area contributed by atoms with E-state index in [9.17, 15) is 4.79 Å². The van der Waals surface area contributed by atoms with Gasteiger partial charge in [-0.25, -0.2) is 0 Å². The minimum absolute atomic E-state index is 0.0574. The first-order valence-electron chi connectivity index (χ1n) is 16.4. The number of carbonyl (C=O) groups is 1. The molecule has 3 aromatic carbocycles. The number of nitrogens with zero attached hydrogens (tertiary/aromatic N) is 3. The Kier molecular flexibility index (Phi) is 11.7. The van der Waals surface area contributed by atoms with Crippen molar-refractivity contribution in [3.05, 3.63) is 110 Å². The van der Waals surface area contributed by atoms with Gasteiger partial charge in [-0.2, -0.15) is 0 Å². The first-order chi connectivity index (χ1) is 21.5. The summed E-state index contributed by atoms with van der Waals surface area (Å²) in [5.74, 6) is 5.03. The monoisotopic (exact) mass is 785 g/mol. The number of para-hydroxylation sites is 2. The van der Waals surface area contributed by atoms with Crippen molar-refractivity contribution < 1.29 is 24.1 Å². The molecule has 1 aromatic heterocycles. The number of benzene rings is 3. The molecule has 45 heavy (non-hydrogen) atoms. The van der Waals surface area contributed by atoms with Crippen LogP contribution in [0.5, 0.6) is 0 Å². The third-order valence-electron chi connectivity index (χ3n) is 8.34. The molecule has 0 fully saturated rings. The zero-order valence-electron chi connectivity index (χ0n) is 28.7. The second kappa shape index (κ2) is 15.3. The van der Waals surface area contributed by atoms with Gasteiger partial charge >= 0.3 is 282 Å². The molecule has 0 aliphatic heterocycles. The van der Waals surface area contributed by atoms with Gasteiger partial charge < -0.3 is 0 Å². The van der Waals surface area contributed by atoms with Crippen LogP contribution in [0.25, 0.3) is 11.4 Å². The van der Waals surface area contributed by atoms with Gasteiger partial charge in [-0.3, -0.25) is 0 Å². The molecule has 4 rings (SSSR count). The first kappa shape index (κ1) is 34.5. The predicted octanol–water partition coefficient (Wildman–Crippen LogP) is 9.87. The van der Waals surface area contributed by atoms with E-state index in [0.29, 0.717) is 42.3 Å². The second-order valence-corrected chi connectivity index (χ2v) is 14.8. The minimum atomic E-state index is -0.610. The van der Waals surface area contributed by atoms with Gasteiger partial charge in [0.25, 0.3) is 0 Å². The Morgan fingerprint density at radius 1 is 0.689 bits per heavy atom. The molecular weight excluding hydrogens is 735 g/mol. The molecule has 1 amide bonds. The molecule has 0 unspecified atom stereocenters. The van der Waals surface area contributed by atoms with Crippen LogP contribution in [-0.2, 0) is 19.3 Å². The van der Waals surface area contributed by atoms with Crippen molar-refractivity contribution in [3.63, 3.8) is 0 Å². The summed E-state index contributed by atoms with van der Waals surface area (Å²) < 4.78 is 9.71. The third kappa shape index (κ3) is 7.55. The van der Waals surface area contributed by atoms with E-state index >= 15 is 0 Å². The fourth-order valence-electron chi connectivity index (χ4n) is 5.85. The Labute approximate surface area is 280 Å². The predicted molar refractivity (Wildman–Crippen MR) is 185 cm³/mol. The molecule has 0 aliphatic carbocycles. The van der Waals surface area contributed by atoms with Crippen LogP contribution >= 0.6 is 0 Å². The van der Waals surface area contributed by atoms with Gasteiger partial charge in [-0.1, -0.05) is 0 Å². The molecule has 0 aliphatic rings. The Morgan fingerprint density at radius 2 is 1.11 bits per heavy atom. The quantitative estimate of drug-likeness (QED) is 0.123. The van der Waals surface area contributed by atoms with Gasteiger partial charge in [0.2, 0.25) is 0 Å². The zero-order valence-corrected chi connectivity index (χ0v) is 30.9. The van der Waals surface area contributed by atoms with E-state index in [1.54, 1.807) is 0 Å². The van der Waals surface area contributed by atoms with Crippen LogP contribution in [0.15, 0.2) is 73.1 Å². The van der Waals surface area contributed by atoms with Crippen LogP contribution in [0.4, 0.5) is 0 Å². The molecule has 4 nitrogen and oxygen atoms in total. The fraction of sp³-hybridized carbons (Fsp3) is 0.400. The number of imidazole rings is 1. The van der Waals surface area contributed by atoms with E-state index in [-0.39, 0.29) is 5.91 Å². The van der Waals surface area contributed by atoms with Crippen LogP contribution in [0, 0.1) is 13.7 Å². The summed E-state index contributed by atoms with van der Waals surface area (Å²) in [5.41, 5.74) is 9.55. The zero-order chi connectivity index (χ0) is 32.8. The Bertz CT molecular complexity index is 1630. The van der Waals surface area contributed by atoms with Crippen molar-refractivity contribution in [2.24, 2.45) is 0 Å². The Hall–Kier alpha value is -3.36. The van der Waals surface area contributed by atoms with Crippen molar-refractivity contribution in [2.45, 2.75) is 92.9 Å². The summed E-state index contributed by atoms with van der Waals surface area (Å²) in [7, 11) is 0. The summed E-state index contributed by atoms with van der Waals surface area (Å²) in [4.78, 5) is 14.9. The maximum atomic E-state index is 13.0. The molecule has 0 atom stereocenters. The molecule has 242 valence electrons. The van der Waals surface area contributed by atoms with E-state index in [2.05, 4.69) is 123 Å². The van der Waals surface area contributed by atoms with Gasteiger partial charge in [0, 0.05) is 0 Å². The van der Waals surface area contributed by atoms with Crippen molar-refractivity contribution in [1.82, 2.24) is 14.0 Å². The molecular formula is C40H50AuN3O. The summed E-state index contributed by atoms with van der Waals surface area (Å²) in [5, 5.41) is 0. The molecule has 0 saturated heterocycles. The average Bonchev–Trinajstić information content (AvgIpc) is 3.43. The Balaban J connectivity index is 2.03. The molecule has 0 spiro atoms. The van der Waals surface area contributed by atoms with Crippen molar-refractivity contribution in [1.29, 1.82) is 0 Å². The summed E-state index contributed by atoms with van der Waals surface area (Å²) in [6.45, 7) is 23.7. The summed E-state index contributed by atoms with van der Waals surface area (Å²) in [6, 6.07) is 21.3. The van der Waals surface area contributed by atoms with E-state index in [1.165, 1.54) is 37.3 Å². The molecule has 0 radical (unpaired) electrons. The SMILES string of the molecule is CCN(CC)C(=O)c1cccc(C#[C][Au]=[c]2n(-c3c(C(C)C)cccc3C(C)C)ccn2-c2c(C(C)C)cccc2C(C)C)c1. The van der Waals surface area contributed by atoms with Crippen molar-refractivity contribution in [2.75, 3.05) is 13.1 Å². The van der Waals surface area contributed by atoms with E-state index in [4.69, 9.17) is 0 Å². The molecule has 5 heteroatoms. The number of carbonyl (C=O) groups excluding carboxylic acids is 1. The Morgan fingerprint density at radius 3 is 1.51 bits per heavy atom. The van der Waals surface area contributed by atoms with Crippen LogP contribution in [0.2, 0.25) is 0 Å². The average molecular weight is 786 g/mol. The molecule has 0 saturated carbocycles. The van der Waals surface area contributed by atoms with Gasteiger partial charge in [0.15, 0.2) is 0 Å². The number of amides is 1. The van der Waals surface area contributed by atoms with E-state index in [1.807, 2.05) is 43.0 Å². The van der Waals surface area contributed by atoms with Crippen LogP contribution in [-0.4, -0.2) is 33.0 Å². The van der Waals surface area contributed by atoms with Crippen molar-refractivity contribution in [3.8, 4) is 21.4 Å². The maximum absolute atomic E-state index is 13.0. The molecule has 0 N–H and O–H groups in total. The van der Waals surface area contributed by atoms with Crippen LogP contribution < -0.4 is 0 Å². The summed E-state index contributed by atoms with van der Waals surface area (Å²) >= 11 is -0.610. The first-order valence-corrected chi connectivity index (χ1v) is 18.5. The van der Waals surface area contributed by atoms with Crippen LogP contribution in [0.3, 0.4) is 0 Å². The fourth-order valence-corrected chi connectivity index (χ4v) is 7.87. The topological polar surface area (TPSA) is 30.2 Å². The molecule has 0 bridgehead atoms. The number of aromatic nitrogens is 2. The van der Waals surface area contributed by atoms with Gasteiger partial charge in [0.05, 0.1) is 0 Å². The number of rotatable bonds is 9. The third-order valence-corrected chi connectivity index (χ3v) is 10.4. The van der Waals surface area contributed by atoms with E-state index in [0.717, 1.165) is 5.56 Å². The molecule has 4 aromatic rings. The van der Waals surface area contributed by atoms with Gasteiger partial charge in [0.1, 0.15) is 0 Å². The summed E-state index contributed by atoms with van der Waals surface area (Å²) in [6.07, 6.45) is 4.51. The van der Waals surface area contributed by atoms with Gasteiger partial charge in [-0.05, 0) is 0 Å². The van der Waals surface area contributed by atoms with E-state index < -0.39 is 19.3 Å². The number of hydrogen-bond acceptors (Lipinski definition) is 1. The normalized spacial score (nSPS) is 11.5. The number of hydrogen-bond donors (Lipinski definition) is 0.